The minimum atomic E-state index is -0.787. The molecule has 0 saturated heterocycles. The van der Waals surface area contributed by atoms with Crippen molar-refractivity contribution in [3.8, 4) is 0 Å². The topological polar surface area (TPSA) is 71.2 Å². The highest BCUT2D eigenvalue weighted by atomic mass is 16.5. The average molecular weight is 407 g/mol. The Kier molecular flexibility index (Phi) is 7.66. The van der Waals surface area contributed by atoms with Crippen LogP contribution in [-0.4, -0.2) is 29.0 Å². The summed E-state index contributed by atoms with van der Waals surface area (Å²) in [5.74, 6) is -0.588. The lowest BCUT2D eigenvalue weighted by Crippen LogP contribution is -2.41. The zero-order valence-corrected chi connectivity index (χ0v) is 17.7. The van der Waals surface area contributed by atoms with Gasteiger partial charge >= 0.3 is 5.97 Å². The minimum Gasteiger partial charge on any atom is -0.453 e. The predicted molar refractivity (Wildman–Crippen MR) is 119 cm³/mol. The lowest BCUT2D eigenvalue weighted by molar-refractivity contribution is -0.155. The van der Waals surface area contributed by atoms with Crippen LogP contribution in [0, 0.1) is 0 Å². The van der Waals surface area contributed by atoms with E-state index in [0.29, 0.717) is 12.8 Å². The Balaban J connectivity index is 1.36. The zero-order chi connectivity index (χ0) is 21.3. The Hall–Kier alpha value is -3.08. The Morgan fingerprint density at radius 1 is 1.00 bits per heavy atom. The summed E-state index contributed by atoms with van der Waals surface area (Å²) in [6.45, 7) is 3.59. The lowest BCUT2D eigenvalue weighted by Gasteiger charge is -2.18. The molecule has 2 aromatic carbocycles. The standard InChI is InChI=1S/C25H30N2O3/c1-18(15-16-20-9-4-3-5-10-20)27-25(29)19(2)30-24(28)14-8-11-21-17-26-23-13-7-6-12-22(21)23/h3-7,9-10,12-13,17-19,26H,8,11,14-16H2,1-2H3,(H,27,29)/t18-,19+/m0/s1. The summed E-state index contributed by atoms with van der Waals surface area (Å²) >= 11 is 0. The maximum atomic E-state index is 12.3. The van der Waals surface area contributed by atoms with E-state index in [1.807, 2.05) is 49.5 Å². The number of carbonyl (C=O) groups excluding carboxylic acids is 2. The summed E-state index contributed by atoms with van der Waals surface area (Å²) in [6.07, 6.45) is 4.69. The molecule has 158 valence electrons. The van der Waals surface area contributed by atoms with Gasteiger partial charge in [-0.1, -0.05) is 48.5 Å². The number of aromatic nitrogens is 1. The number of para-hydroxylation sites is 1. The molecule has 2 atom stereocenters. The van der Waals surface area contributed by atoms with E-state index in [1.165, 1.54) is 16.5 Å². The molecule has 3 aromatic rings. The van der Waals surface area contributed by atoms with Crippen LogP contribution in [0.5, 0.6) is 0 Å². The molecular weight excluding hydrogens is 376 g/mol. The molecule has 3 rings (SSSR count). The van der Waals surface area contributed by atoms with Gasteiger partial charge in [0.1, 0.15) is 0 Å². The molecule has 0 aliphatic heterocycles. The van der Waals surface area contributed by atoms with Gasteiger partial charge in [0.15, 0.2) is 6.10 Å². The third-order valence-electron chi connectivity index (χ3n) is 5.28. The second-order valence-electron chi connectivity index (χ2n) is 7.78. The number of hydrogen-bond donors (Lipinski definition) is 2. The molecule has 1 heterocycles. The highest BCUT2D eigenvalue weighted by molar-refractivity contribution is 5.84. The molecular formula is C25H30N2O3. The van der Waals surface area contributed by atoms with Gasteiger partial charge in [0.05, 0.1) is 0 Å². The second kappa shape index (κ2) is 10.6. The molecule has 0 fully saturated rings. The zero-order valence-electron chi connectivity index (χ0n) is 17.7. The van der Waals surface area contributed by atoms with Crippen molar-refractivity contribution in [3.63, 3.8) is 0 Å². The van der Waals surface area contributed by atoms with E-state index in [9.17, 15) is 9.59 Å². The Morgan fingerprint density at radius 3 is 2.53 bits per heavy atom. The van der Waals surface area contributed by atoms with Crippen LogP contribution in [0.25, 0.3) is 10.9 Å². The number of benzene rings is 2. The number of rotatable bonds is 10. The summed E-state index contributed by atoms with van der Waals surface area (Å²) in [6, 6.07) is 18.3. The Labute approximate surface area is 177 Å². The van der Waals surface area contributed by atoms with Crippen molar-refractivity contribution in [2.75, 3.05) is 0 Å². The molecule has 0 spiro atoms. The molecule has 30 heavy (non-hydrogen) atoms. The number of hydrogen-bond acceptors (Lipinski definition) is 3. The van der Waals surface area contributed by atoms with Gasteiger partial charge in [-0.3, -0.25) is 9.59 Å². The number of ether oxygens (including phenoxy) is 1. The quantitative estimate of drug-likeness (QED) is 0.485. The van der Waals surface area contributed by atoms with E-state index in [1.54, 1.807) is 6.92 Å². The lowest BCUT2D eigenvalue weighted by atomic mass is 10.1. The summed E-state index contributed by atoms with van der Waals surface area (Å²) in [5, 5.41) is 4.12. The van der Waals surface area contributed by atoms with Gasteiger partial charge in [-0.25, -0.2) is 0 Å². The van der Waals surface area contributed by atoms with Gasteiger partial charge in [0.25, 0.3) is 5.91 Å². The Bertz CT molecular complexity index is 965. The van der Waals surface area contributed by atoms with Crippen molar-refractivity contribution >= 4 is 22.8 Å². The van der Waals surface area contributed by atoms with Gasteiger partial charge in [0, 0.05) is 29.6 Å². The molecule has 2 N–H and O–H groups in total. The van der Waals surface area contributed by atoms with E-state index in [-0.39, 0.29) is 17.9 Å². The molecule has 0 radical (unpaired) electrons. The summed E-state index contributed by atoms with van der Waals surface area (Å²) in [4.78, 5) is 27.7. The van der Waals surface area contributed by atoms with E-state index >= 15 is 0 Å². The highest BCUT2D eigenvalue weighted by Crippen LogP contribution is 2.19. The fourth-order valence-corrected chi connectivity index (χ4v) is 3.53. The van der Waals surface area contributed by atoms with Crippen LogP contribution in [0.1, 0.15) is 44.2 Å². The number of H-pyrrole nitrogens is 1. The molecule has 5 nitrogen and oxygen atoms in total. The monoisotopic (exact) mass is 406 g/mol. The first-order valence-electron chi connectivity index (χ1n) is 10.6. The molecule has 1 aromatic heterocycles. The smallest absolute Gasteiger partial charge is 0.306 e. The number of amides is 1. The van der Waals surface area contributed by atoms with Crippen molar-refractivity contribution in [1.29, 1.82) is 0 Å². The third kappa shape index (κ3) is 6.21. The van der Waals surface area contributed by atoms with Crippen molar-refractivity contribution in [1.82, 2.24) is 10.3 Å². The maximum absolute atomic E-state index is 12.3. The van der Waals surface area contributed by atoms with Crippen molar-refractivity contribution in [2.45, 2.75) is 58.1 Å². The normalized spacial score (nSPS) is 13.0. The van der Waals surface area contributed by atoms with Gasteiger partial charge < -0.3 is 15.0 Å². The van der Waals surface area contributed by atoms with Crippen LogP contribution in [0.15, 0.2) is 60.8 Å². The van der Waals surface area contributed by atoms with Gasteiger partial charge in [0.2, 0.25) is 0 Å². The van der Waals surface area contributed by atoms with Crippen LogP contribution in [0.3, 0.4) is 0 Å². The summed E-state index contributed by atoms with van der Waals surface area (Å²) in [5.41, 5.74) is 3.53. The van der Waals surface area contributed by atoms with Crippen LogP contribution in [-0.2, 0) is 27.2 Å². The first-order valence-corrected chi connectivity index (χ1v) is 10.6. The molecule has 0 aliphatic carbocycles. The van der Waals surface area contributed by atoms with E-state index in [0.717, 1.165) is 24.8 Å². The van der Waals surface area contributed by atoms with E-state index in [2.05, 4.69) is 28.5 Å². The van der Waals surface area contributed by atoms with Crippen molar-refractivity contribution in [3.05, 3.63) is 71.9 Å². The summed E-state index contributed by atoms with van der Waals surface area (Å²) < 4.78 is 5.32. The van der Waals surface area contributed by atoms with Crippen molar-refractivity contribution in [2.24, 2.45) is 0 Å². The van der Waals surface area contributed by atoms with Crippen LogP contribution in [0.2, 0.25) is 0 Å². The molecule has 0 bridgehead atoms. The van der Waals surface area contributed by atoms with E-state index < -0.39 is 6.10 Å². The largest absolute Gasteiger partial charge is 0.453 e. The van der Waals surface area contributed by atoms with Crippen LogP contribution < -0.4 is 5.32 Å². The minimum absolute atomic E-state index is 0.0146. The van der Waals surface area contributed by atoms with Crippen molar-refractivity contribution < 1.29 is 14.3 Å². The predicted octanol–water partition coefficient (Wildman–Crippen LogP) is 4.56. The number of fused-ring (bicyclic) bond motifs is 1. The molecule has 0 unspecified atom stereocenters. The van der Waals surface area contributed by atoms with Gasteiger partial charge in [-0.2, -0.15) is 0 Å². The summed E-state index contributed by atoms with van der Waals surface area (Å²) in [7, 11) is 0. The number of aromatic amines is 1. The van der Waals surface area contributed by atoms with Crippen LogP contribution >= 0.6 is 0 Å². The van der Waals surface area contributed by atoms with Gasteiger partial charge in [-0.15, -0.1) is 0 Å². The fourth-order valence-electron chi connectivity index (χ4n) is 3.53. The SMILES string of the molecule is C[C@@H](CCc1ccccc1)NC(=O)[C@@H](C)OC(=O)CCCc1c[nH]c2ccccc12. The highest BCUT2D eigenvalue weighted by Gasteiger charge is 2.19. The fraction of sp³-hybridized carbons (Fsp3) is 0.360. The maximum Gasteiger partial charge on any atom is 0.306 e. The molecule has 1 amide bonds. The third-order valence-corrected chi connectivity index (χ3v) is 5.28. The Morgan fingerprint density at radius 2 is 1.73 bits per heavy atom. The molecule has 5 heteroatoms. The van der Waals surface area contributed by atoms with Gasteiger partial charge in [-0.05, 0) is 56.7 Å². The number of carbonyl (C=O) groups is 2. The first-order chi connectivity index (χ1) is 14.5. The average Bonchev–Trinajstić information content (AvgIpc) is 3.16. The number of aryl methyl sites for hydroxylation is 2. The number of nitrogens with one attached hydrogen (secondary N) is 2. The first kappa shape index (κ1) is 21.6. The van der Waals surface area contributed by atoms with Crippen LogP contribution in [0.4, 0.5) is 0 Å². The number of esters is 1. The second-order valence-corrected chi connectivity index (χ2v) is 7.78. The molecule has 0 saturated carbocycles. The van der Waals surface area contributed by atoms with E-state index in [4.69, 9.17) is 4.74 Å². The molecule has 0 aliphatic rings.